The molecule has 1 aliphatic heterocycles. The number of hydrogen-bond donors (Lipinski definition) is 0. The Kier molecular flexibility index (Phi) is 5.96. The van der Waals surface area contributed by atoms with Gasteiger partial charge in [-0.1, -0.05) is 50.2 Å². The summed E-state index contributed by atoms with van der Waals surface area (Å²) in [5, 5.41) is 2.01. The van der Waals surface area contributed by atoms with Gasteiger partial charge in [0.25, 0.3) is 5.91 Å². The number of carbonyl (C=O) groups is 2. The lowest BCUT2D eigenvalue weighted by atomic mass is 9.80. The maximum atomic E-state index is 14.0. The number of carbonyl (C=O) groups excluding carboxylic acids is 2. The molecule has 0 N–H and O–H groups in total. The molecule has 160 valence electrons. The van der Waals surface area contributed by atoms with E-state index in [0.717, 1.165) is 21.7 Å². The molecule has 0 fully saturated rings. The Hall–Kier alpha value is -2.92. The molecule has 1 aromatic heterocycles. The molecular formula is C26H28N2O2S. The molecule has 2 heterocycles. The molecule has 4 rings (SSSR count). The van der Waals surface area contributed by atoms with Gasteiger partial charge in [-0.25, -0.2) is 0 Å². The first-order chi connectivity index (χ1) is 14.9. The zero-order chi connectivity index (χ0) is 22.1. The molecule has 4 nitrogen and oxygen atoms in total. The van der Waals surface area contributed by atoms with Crippen LogP contribution < -0.4 is 4.90 Å². The molecule has 0 saturated heterocycles. The van der Waals surface area contributed by atoms with Gasteiger partial charge >= 0.3 is 0 Å². The average molecular weight is 433 g/mol. The van der Waals surface area contributed by atoms with E-state index in [2.05, 4.69) is 13.8 Å². The Labute approximate surface area is 188 Å². The molecule has 2 atom stereocenters. The lowest BCUT2D eigenvalue weighted by Crippen LogP contribution is -2.48. The topological polar surface area (TPSA) is 40.6 Å². The Morgan fingerprint density at radius 3 is 2.55 bits per heavy atom. The standard InChI is InChI=1S/C26H28N2O2S/c1-17(2)16-28-24(22-13-8-14-31-22)23(20-11-5-6-12-21(20)25(28)29)26(30)27(4)19-10-7-9-18(3)15-19/h5-15,17,23-24H,16H2,1-4H3/t23-,24-/m0/s1. The molecule has 0 radical (unpaired) electrons. The fourth-order valence-corrected chi connectivity index (χ4v) is 5.28. The molecule has 3 aromatic rings. The summed E-state index contributed by atoms with van der Waals surface area (Å²) in [7, 11) is 1.83. The minimum atomic E-state index is -0.461. The van der Waals surface area contributed by atoms with Gasteiger partial charge in [-0.15, -0.1) is 11.3 Å². The fourth-order valence-electron chi connectivity index (χ4n) is 4.40. The fraction of sp³-hybridized carbons (Fsp3) is 0.308. The smallest absolute Gasteiger partial charge is 0.254 e. The lowest BCUT2D eigenvalue weighted by Gasteiger charge is -2.43. The minimum absolute atomic E-state index is 0.00212. The van der Waals surface area contributed by atoms with E-state index in [1.54, 1.807) is 16.2 Å². The highest BCUT2D eigenvalue weighted by Gasteiger charge is 2.45. The van der Waals surface area contributed by atoms with Gasteiger partial charge in [-0.05, 0) is 53.6 Å². The normalized spacial score (nSPS) is 18.2. The SMILES string of the molecule is Cc1cccc(N(C)C(=O)[C@H]2c3ccccc3C(=O)N(CC(C)C)[C@H]2c2cccs2)c1. The Morgan fingerprint density at radius 1 is 1.10 bits per heavy atom. The third kappa shape index (κ3) is 4.02. The number of hydrogen-bond acceptors (Lipinski definition) is 3. The van der Waals surface area contributed by atoms with E-state index in [9.17, 15) is 9.59 Å². The minimum Gasteiger partial charge on any atom is -0.329 e. The maximum absolute atomic E-state index is 14.0. The summed E-state index contributed by atoms with van der Waals surface area (Å²) in [5.74, 6) is -0.165. The van der Waals surface area contributed by atoms with Crippen LogP contribution in [0.1, 0.15) is 52.2 Å². The van der Waals surface area contributed by atoms with Crippen molar-refractivity contribution < 1.29 is 9.59 Å². The monoisotopic (exact) mass is 432 g/mol. The molecule has 0 unspecified atom stereocenters. The van der Waals surface area contributed by atoms with Crippen LogP contribution in [0.5, 0.6) is 0 Å². The van der Waals surface area contributed by atoms with Gasteiger partial charge in [0.1, 0.15) is 0 Å². The third-order valence-electron chi connectivity index (χ3n) is 5.82. The highest BCUT2D eigenvalue weighted by molar-refractivity contribution is 7.10. The van der Waals surface area contributed by atoms with Crippen molar-refractivity contribution in [1.29, 1.82) is 0 Å². The van der Waals surface area contributed by atoms with Crippen molar-refractivity contribution in [2.45, 2.75) is 32.7 Å². The Balaban J connectivity index is 1.86. The third-order valence-corrected chi connectivity index (χ3v) is 6.76. The van der Waals surface area contributed by atoms with E-state index in [-0.39, 0.29) is 17.9 Å². The molecule has 0 saturated carbocycles. The van der Waals surface area contributed by atoms with Crippen molar-refractivity contribution in [3.63, 3.8) is 0 Å². The lowest BCUT2D eigenvalue weighted by molar-refractivity contribution is -0.121. The first-order valence-electron chi connectivity index (χ1n) is 10.7. The number of rotatable bonds is 5. The van der Waals surface area contributed by atoms with E-state index >= 15 is 0 Å². The zero-order valence-corrected chi connectivity index (χ0v) is 19.2. The molecule has 0 aliphatic carbocycles. The number of amides is 2. The van der Waals surface area contributed by atoms with Crippen molar-refractivity contribution in [2.75, 3.05) is 18.5 Å². The first kappa shape index (κ1) is 21.3. The molecule has 0 spiro atoms. The number of likely N-dealkylation sites (N-methyl/N-ethyl adjacent to an activating group) is 1. The second-order valence-electron chi connectivity index (χ2n) is 8.61. The number of fused-ring (bicyclic) bond motifs is 1. The van der Waals surface area contributed by atoms with Crippen LogP contribution in [0.4, 0.5) is 5.69 Å². The van der Waals surface area contributed by atoms with Crippen LogP contribution in [0.2, 0.25) is 0 Å². The summed E-state index contributed by atoms with van der Waals surface area (Å²) in [6, 6.07) is 19.3. The van der Waals surface area contributed by atoms with E-state index in [0.29, 0.717) is 18.0 Å². The summed E-state index contributed by atoms with van der Waals surface area (Å²) in [6.07, 6.45) is 0. The van der Waals surface area contributed by atoms with E-state index in [4.69, 9.17) is 0 Å². The average Bonchev–Trinajstić information content (AvgIpc) is 3.28. The van der Waals surface area contributed by atoms with Crippen molar-refractivity contribution >= 4 is 28.8 Å². The summed E-state index contributed by atoms with van der Waals surface area (Å²) < 4.78 is 0. The number of anilines is 1. The Bertz CT molecular complexity index is 1090. The van der Waals surface area contributed by atoms with E-state index in [1.807, 2.05) is 84.9 Å². The number of thiophene rings is 1. The van der Waals surface area contributed by atoms with Crippen LogP contribution in [-0.2, 0) is 4.79 Å². The summed E-state index contributed by atoms with van der Waals surface area (Å²) in [6.45, 7) is 6.84. The molecule has 31 heavy (non-hydrogen) atoms. The van der Waals surface area contributed by atoms with Crippen molar-refractivity contribution in [3.05, 3.63) is 87.6 Å². The van der Waals surface area contributed by atoms with Crippen molar-refractivity contribution in [2.24, 2.45) is 5.92 Å². The van der Waals surface area contributed by atoms with Crippen molar-refractivity contribution in [1.82, 2.24) is 4.90 Å². The van der Waals surface area contributed by atoms with Crippen LogP contribution in [0.25, 0.3) is 0 Å². The predicted molar refractivity (Wildman–Crippen MR) is 127 cm³/mol. The largest absolute Gasteiger partial charge is 0.329 e. The molecule has 2 aromatic carbocycles. The van der Waals surface area contributed by atoms with Gasteiger partial charge in [-0.3, -0.25) is 9.59 Å². The second-order valence-corrected chi connectivity index (χ2v) is 9.59. The summed E-state index contributed by atoms with van der Waals surface area (Å²) >= 11 is 1.60. The summed E-state index contributed by atoms with van der Waals surface area (Å²) in [5.41, 5.74) is 3.41. The number of aryl methyl sites for hydroxylation is 1. The van der Waals surface area contributed by atoms with Gasteiger partial charge in [0, 0.05) is 29.7 Å². The molecule has 1 aliphatic rings. The zero-order valence-electron chi connectivity index (χ0n) is 18.4. The van der Waals surface area contributed by atoms with E-state index in [1.165, 1.54) is 0 Å². The van der Waals surface area contributed by atoms with Crippen LogP contribution in [-0.4, -0.2) is 30.3 Å². The summed E-state index contributed by atoms with van der Waals surface area (Å²) in [4.78, 5) is 32.2. The van der Waals surface area contributed by atoms with Crippen molar-refractivity contribution in [3.8, 4) is 0 Å². The van der Waals surface area contributed by atoms with Gasteiger partial charge in [0.05, 0.1) is 12.0 Å². The molecule has 5 heteroatoms. The molecule has 0 bridgehead atoms. The number of benzene rings is 2. The second kappa shape index (κ2) is 8.67. The van der Waals surface area contributed by atoms with Crippen LogP contribution in [0.3, 0.4) is 0 Å². The van der Waals surface area contributed by atoms with Crippen LogP contribution in [0, 0.1) is 12.8 Å². The van der Waals surface area contributed by atoms with Crippen LogP contribution in [0.15, 0.2) is 66.0 Å². The van der Waals surface area contributed by atoms with Gasteiger partial charge < -0.3 is 9.80 Å². The Morgan fingerprint density at radius 2 is 1.87 bits per heavy atom. The van der Waals surface area contributed by atoms with Crippen LogP contribution >= 0.6 is 11.3 Å². The first-order valence-corrected chi connectivity index (χ1v) is 11.5. The highest BCUT2D eigenvalue weighted by Crippen LogP contribution is 2.45. The van der Waals surface area contributed by atoms with Gasteiger partial charge in [-0.2, -0.15) is 0 Å². The van der Waals surface area contributed by atoms with E-state index < -0.39 is 5.92 Å². The molecule has 2 amide bonds. The van der Waals surface area contributed by atoms with Gasteiger partial charge in [0.15, 0.2) is 0 Å². The maximum Gasteiger partial charge on any atom is 0.254 e. The number of nitrogens with zero attached hydrogens (tertiary/aromatic N) is 2. The molecular weight excluding hydrogens is 404 g/mol. The quantitative estimate of drug-likeness (QED) is 0.522. The predicted octanol–water partition coefficient (Wildman–Crippen LogP) is 5.66. The van der Waals surface area contributed by atoms with Gasteiger partial charge in [0.2, 0.25) is 5.91 Å². The highest BCUT2D eigenvalue weighted by atomic mass is 32.1.